The van der Waals surface area contributed by atoms with Gasteiger partial charge in [0.05, 0.1) is 0 Å². The molecule has 0 spiro atoms. The van der Waals surface area contributed by atoms with Gasteiger partial charge in [-0.15, -0.1) is 11.6 Å². The van der Waals surface area contributed by atoms with Gasteiger partial charge in [-0.1, -0.05) is 0 Å². The molecule has 0 unspecified atom stereocenters. The standard InChI is InChI=1S/C11H16ClN3O/c1-2-15-4-3-13-10(11(15)16)14-7-8-5-9(12)6-8/h3-4,8-9H,2,5-7H2,1H3,(H,13,14). The van der Waals surface area contributed by atoms with E-state index in [0.717, 1.165) is 19.4 Å². The summed E-state index contributed by atoms with van der Waals surface area (Å²) in [6.45, 7) is 3.40. The zero-order valence-corrected chi connectivity index (χ0v) is 10.1. The van der Waals surface area contributed by atoms with Crippen molar-refractivity contribution in [1.29, 1.82) is 0 Å². The van der Waals surface area contributed by atoms with Crippen molar-refractivity contribution >= 4 is 17.4 Å². The molecule has 16 heavy (non-hydrogen) atoms. The Hall–Kier alpha value is -1.03. The van der Waals surface area contributed by atoms with E-state index < -0.39 is 0 Å². The lowest BCUT2D eigenvalue weighted by molar-refractivity contribution is 0.341. The minimum atomic E-state index is -0.0493. The third-order valence-electron chi connectivity index (χ3n) is 2.99. The highest BCUT2D eigenvalue weighted by Gasteiger charge is 2.26. The van der Waals surface area contributed by atoms with Gasteiger partial charge in [-0.3, -0.25) is 4.79 Å². The molecule has 1 aliphatic rings. The second-order valence-electron chi connectivity index (χ2n) is 4.18. The molecule has 4 nitrogen and oxygen atoms in total. The number of alkyl halides is 1. The smallest absolute Gasteiger partial charge is 0.293 e. The molecule has 5 heteroatoms. The van der Waals surface area contributed by atoms with Gasteiger partial charge in [0.1, 0.15) is 0 Å². The monoisotopic (exact) mass is 241 g/mol. The van der Waals surface area contributed by atoms with Gasteiger partial charge in [0, 0.05) is 30.9 Å². The summed E-state index contributed by atoms with van der Waals surface area (Å²) in [5.41, 5.74) is -0.0493. The number of nitrogens with one attached hydrogen (secondary N) is 1. The maximum Gasteiger partial charge on any atom is 0.293 e. The molecule has 1 fully saturated rings. The average Bonchev–Trinajstić information content (AvgIpc) is 2.24. The van der Waals surface area contributed by atoms with Crippen molar-refractivity contribution in [3.05, 3.63) is 22.7 Å². The van der Waals surface area contributed by atoms with Gasteiger partial charge in [0.15, 0.2) is 5.82 Å². The van der Waals surface area contributed by atoms with Crippen LogP contribution in [0.25, 0.3) is 0 Å². The molecule has 0 aliphatic heterocycles. The quantitative estimate of drug-likeness (QED) is 0.817. The largest absolute Gasteiger partial charge is 0.365 e. The Labute approximate surface area is 99.6 Å². The summed E-state index contributed by atoms with van der Waals surface area (Å²) in [7, 11) is 0. The van der Waals surface area contributed by atoms with E-state index in [4.69, 9.17) is 11.6 Å². The maximum absolute atomic E-state index is 11.8. The van der Waals surface area contributed by atoms with E-state index in [9.17, 15) is 4.79 Å². The topological polar surface area (TPSA) is 46.9 Å². The SMILES string of the molecule is CCn1ccnc(NCC2CC(Cl)C2)c1=O. The normalized spacial score (nSPS) is 23.9. The van der Waals surface area contributed by atoms with Crippen LogP contribution in [0, 0.1) is 5.92 Å². The molecule has 88 valence electrons. The molecule has 1 heterocycles. The third-order valence-corrected chi connectivity index (χ3v) is 3.35. The van der Waals surface area contributed by atoms with Crippen molar-refractivity contribution < 1.29 is 0 Å². The second kappa shape index (κ2) is 4.87. The van der Waals surface area contributed by atoms with Crippen LogP contribution in [0.15, 0.2) is 17.2 Å². The van der Waals surface area contributed by atoms with Crippen molar-refractivity contribution in [2.24, 2.45) is 5.92 Å². The molecule has 0 amide bonds. The first-order valence-corrected chi connectivity index (χ1v) is 6.07. The minimum absolute atomic E-state index is 0.0493. The number of nitrogens with zero attached hydrogens (tertiary/aromatic N) is 2. The Kier molecular flexibility index (Phi) is 3.49. The number of anilines is 1. The van der Waals surface area contributed by atoms with Crippen LogP contribution in [-0.4, -0.2) is 21.5 Å². The molecule has 1 saturated carbocycles. The van der Waals surface area contributed by atoms with E-state index in [1.165, 1.54) is 0 Å². The number of hydrogen-bond acceptors (Lipinski definition) is 3. The predicted octanol–water partition coefficient (Wildman–Crippen LogP) is 1.69. The fourth-order valence-corrected chi connectivity index (χ4v) is 2.38. The van der Waals surface area contributed by atoms with Gasteiger partial charge in [0.2, 0.25) is 0 Å². The fourth-order valence-electron chi connectivity index (χ4n) is 1.88. The molecular weight excluding hydrogens is 226 g/mol. The van der Waals surface area contributed by atoms with Crippen LogP contribution in [0.1, 0.15) is 19.8 Å². The molecule has 1 aromatic heterocycles. The Balaban J connectivity index is 1.96. The molecule has 0 radical (unpaired) electrons. The Morgan fingerprint density at radius 2 is 2.38 bits per heavy atom. The first-order chi connectivity index (χ1) is 7.70. The first-order valence-electron chi connectivity index (χ1n) is 5.64. The van der Waals surface area contributed by atoms with Crippen molar-refractivity contribution in [3.63, 3.8) is 0 Å². The summed E-state index contributed by atoms with van der Waals surface area (Å²) in [5.74, 6) is 1.03. The van der Waals surface area contributed by atoms with Gasteiger partial charge in [0.25, 0.3) is 5.56 Å². The zero-order valence-electron chi connectivity index (χ0n) is 9.32. The molecule has 1 aromatic rings. The first kappa shape index (κ1) is 11.5. The number of hydrogen-bond donors (Lipinski definition) is 1. The van der Waals surface area contributed by atoms with Crippen LogP contribution in [0.4, 0.5) is 5.82 Å². The van der Waals surface area contributed by atoms with Gasteiger partial charge in [-0.25, -0.2) is 4.98 Å². The molecular formula is C11H16ClN3O. The summed E-state index contributed by atoms with van der Waals surface area (Å²) in [4.78, 5) is 15.9. The fraction of sp³-hybridized carbons (Fsp3) is 0.636. The van der Waals surface area contributed by atoms with E-state index in [-0.39, 0.29) is 5.56 Å². The highest BCUT2D eigenvalue weighted by atomic mass is 35.5. The number of aryl methyl sites for hydroxylation is 1. The lowest BCUT2D eigenvalue weighted by Gasteiger charge is -2.30. The molecule has 0 bridgehead atoms. The van der Waals surface area contributed by atoms with Crippen LogP contribution in [0.3, 0.4) is 0 Å². The minimum Gasteiger partial charge on any atom is -0.365 e. The highest BCUT2D eigenvalue weighted by molar-refractivity contribution is 6.21. The van der Waals surface area contributed by atoms with Crippen LogP contribution < -0.4 is 10.9 Å². The lowest BCUT2D eigenvalue weighted by atomic mass is 9.85. The van der Waals surface area contributed by atoms with Gasteiger partial charge >= 0.3 is 0 Å². The molecule has 1 aliphatic carbocycles. The Morgan fingerprint density at radius 3 is 3.00 bits per heavy atom. The second-order valence-corrected chi connectivity index (χ2v) is 4.80. The van der Waals surface area contributed by atoms with E-state index in [1.54, 1.807) is 17.0 Å². The number of aromatic nitrogens is 2. The highest BCUT2D eigenvalue weighted by Crippen LogP contribution is 2.31. The van der Waals surface area contributed by atoms with E-state index in [1.807, 2.05) is 6.92 Å². The van der Waals surface area contributed by atoms with Crippen molar-refractivity contribution in [2.45, 2.75) is 31.7 Å². The van der Waals surface area contributed by atoms with Crippen molar-refractivity contribution in [1.82, 2.24) is 9.55 Å². The predicted molar refractivity (Wildman–Crippen MR) is 65.0 cm³/mol. The summed E-state index contributed by atoms with van der Waals surface area (Å²) in [6, 6.07) is 0. The Morgan fingerprint density at radius 1 is 1.62 bits per heavy atom. The van der Waals surface area contributed by atoms with Crippen LogP contribution in [-0.2, 0) is 6.54 Å². The Bertz CT molecular complexity index is 412. The van der Waals surface area contributed by atoms with Crippen LogP contribution >= 0.6 is 11.6 Å². The summed E-state index contributed by atoms with van der Waals surface area (Å²) in [5, 5.41) is 3.43. The van der Waals surface area contributed by atoms with Gasteiger partial charge < -0.3 is 9.88 Å². The van der Waals surface area contributed by atoms with E-state index >= 15 is 0 Å². The van der Waals surface area contributed by atoms with Crippen LogP contribution in [0.5, 0.6) is 0 Å². The number of halogens is 1. The summed E-state index contributed by atoms with van der Waals surface area (Å²) >= 11 is 5.90. The van der Waals surface area contributed by atoms with Gasteiger partial charge in [-0.2, -0.15) is 0 Å². The molecule has 1 N–H and O–H groups in total. The molecule has 0 saturated heterocycles. The van der Waals surface area contributed by atoms with Crippen molar-refractivity contribution in [2.75, 3.05) is 11.9 Å². The number of rotatable bonds is 4. The lowest BCUT2D eigenvalue weighted by Crippen LogP contribution is -2.32. The molecule has 2 rings (SSSR count). The summed E-state index contributed by atoms with van der Waals surface area (Å²) < 4.78 is 1.64. The average molecular weight is 242 g/mol. The zero-order chi connectivity index (χ0) is 11.5. The van der Waals surface area contributed by atoms with E-state index in [2.05, 4.69) is 10.3 Å². The van der Waals surface area contributed by atoms with E-state index in [0.29, 0.717) is 23.7 Å². The summed E-state index contributed by atoms with van der Waals surface area (Å²) in [6.07, 6.45) is 5.41. The molecule has 0 atom stereocenters. The third kappa shape index (κ3) is 2.38. The maximum atomic E-state index is 11.8. The molecule has 0 aromatic carbocycles. The van der Waals surface area contributed by atoms with Crippen LogP contribution in [0.2, 0.25) is 0 Å². The van der Waals surface area contributed by atoms with Gasteiger partial charge in [-0.05, 0) is 25.7 Å². The van der Waals surface area contributed by atoms with Crippen molar-refractivity contribution in [3.8, 4) is 0 Å².